The van der Waals surface area contributed by atoms with Crippen LogP contribution in [0.4, 0.5) is 0 Å². The van der Waals surface area contributed by atoms with Gasteiger partial charge in [0.25, 0.3) is 0 Å². The first-order valence-electron chi connectivity index (χ1n) is 7.78. The lowest BCUT2D eigenvalue weighted by molar-refractivity contribution is 0.303. The average molecular weight is 259 g/mol. The van der Waals surface area contributed by atoms with Gasteiger partial charge in [0.2, 0.25) is 0 Å². The fourth-order valence-corrected chi connectivity index (χ4v) is 3.36. The second-order valence-electron chi connectivity index (χ2n) is 6.09. The van der Waals surface area contributed by atoms with E-state index in [2.05, 4.69) is 43.4 Å². The molecule has 2 heteroatoms. The monoisotopic (exact) mass is 259 g/mol. The minimum Gasteiger partial charge on any atom is -0.490 e. The molecule has 3 unspecified atom stereocenters. The first kappa shape index (κ1) is 13.0. The molecule has 0 radical (unpaired) electrons. The van der Waals surface area contributed by atoms with Gasteiger partial charge in [0.1, 0.15) is 5.75 Å². The predicted molar refractivity (Wildman–Crippen MR) is 78.7 cm³/mol. The third-order valence-corrected chi connectivity index (χ3v) is 4.66. The summed E-state index contributed by atoms with van der Waals surface area (Å²) in [4.78, 5) is 0. The van der Waals surface area contributed by atoms with E-state index in [-0.39, 0.29) is 0 Å². The van der Waals surface area contributed by atoms with E-state index in [1.54, 1.807) is 0 Å². The van der Waals surface area contributed by atoms with Gasteiger partial charge in [-0.3, -0.25) is 0 Å². The first-order valence-corrected chi connectivity index (χ1v) is 7.78. The topological polar surface area (TPSA) is 21.3 Å². The van der Waals surface area contributed by atoms with E-state index < -0.39 is 0 Å². The van der Waals surface area contributed by atoms with Crippen LogP contribution in [0.2, 0.25) is 0 Å². The maximum absolute atomic E-state index is 5.82. The van der Waals surface area contributed by atoms with Crippen LogP contribution in [0.1, 0.15) is 51.0 Å². The highest BCUT2D eigenvalue weighted by atomic mass is 16.5. The summed E-state index contributed by atoms with van der Waals surface area (Å²) in [5.41, 5.74) is 1.48. The SMILES string of the molecule is CCNC1CCC(c2ccc(OC3CC3)cc2)C1C. The molecule has 2 aliphatic carbocycles. The van der Waals surface area contributed by atoms with Crippen molar-refractivity contribution in [1.29, 1.82) is 0 Å². The van der Waals surface area contributed by atoms with Crippen LogP contribution < -0.4 is 10.1 Å². The van der Waals surface area contributed by atoms with Gasteiger partial charge in [-0.2, -0.15) is 0 Å². The smallest absolute Gasteiger partial charge is 0.119 e. The fraction of sp³-hybridized carbons (Fsp3) is 0.647. The van der Waals surface area contributed by atoms with Crippen LogP contribution in [-0.2, 0) is 0 Å². The van der Waals surface area contributed by atoms with E-state index >= 15 is 0 Å². The standard InChI is InChI=1S/C17H25NO/c1-3-18-17-11-10-16(12(17)2)13-4-6-14(7-5-13)19-15-8-9-15/h4-7,12,15-18H,3,8-11H2,1-2H3. The number of nitrogens with one attached hydrogen (secondary N) is 1. The van der Waals surface area contributed by atoms with E-state index in [9.17, 15) is 0 Å². The van der Waals surface area contributed by atoms with Gasteiger partial charge >= 0.3 is 0 Å². The molecule has 0 saturated heterocycles. The quantitative estimate of drug-likeness (QED) is 0.870. The summed E-state index contributed by atoms with van der Waals surface area (Å²) in [6.07, 6.45) is 5.56. The van der Waals surface area contributed by atoms with Gasteiger partial charge in [0.15, 0.2) is 0 Å². The molecule has 1 aromatic rings. The molecule has 0 aliphatic heterocycles. The highest BCUT2D eigenvalue weighted by molar-refractivity contribution is 5.31. The molecule has 0 spiro atoms. The second-order valence-corrected chi connectivity index (χ2v) is 6.09. The van der Waals surface area contributed by atoms with Crippen LogP contribution in [0.5, 0.6) is 5.75 Å². The van der Waals surface area contributed by atoms with Crippen molar-refractivity contribution in [2.45, 2.75) is 57.6 Å². The van der Waals surface area contributed by atoms with Crippen molar-refractivity contribution in [3.8, 4) is 5.75 Å². The van der Waals surface area contributed by atoms with Gasteiger partial charge in [0, 0.05) is 6.04 Å². The average Bonchev–Trinajstić information content (AvgIpc) is 3.16. The number of ether oxygens (including phenoxy) is 1. The summed E-state index contributed by atoms with van der Waals surface area (Å²) in [7, 11) is 0. The van der Waals surface area contributed by atoms with Gasteiger partial charge in [-0.15, -0.1) is 0 Å². The van der Waals surface area contributed by atoms with E-state index in [0.717, 1.165) is 18.2 Å². The Balaban J connectivity index is 1.64. The molecule has 2 aliphatic rings. The molecule has 104 valence electrons. The van der Waals surface area contributed by atoms with Gasteiger partial charge in [-0.25, -0.2) is 0 Å². The Bertz CT molecular complexity index is 410. The van der Waals surface area contributed by atoms with Crippen LogP contribution in [-0.4, -0.2) is 18.7 Å². The molecule has 0 aromatic heterocycles. The number of hydrogen-bond acceptors (Lipinski definition) is 2. The summed E-state index contributed by atoms with van der Waals surface area (Å²) >= 11 is 0. The molecule has 0 heterocycles. The predicted octanol–water partition coefficient (Wildman–Crippen LogP) is 3.72. The molecule has 1 N–H and O–H groups in total. The van der Waals surface area contributed by atoms with Gasteiger partial charge in [-0.05, 0) is 61.8 Å². The summed E-state index contributed by atoms with van der Waals surface area (Å²) in [5.74, 6) is 2.48. The lowest BCUT2D eigenvalue weighted by atomic mass is 9.89. The Morgan fingerprint density at radius 3 is 2.47 bits per heavy atom. The zero-order valence-corrected chi connectivity index (χ0v) is 12.1. The normalized spacial score (nSPS) is 30.5. The third kappa shape index (κ3) is 2.94. The first-order chi connectivity index (χ1) is 9.28. The molecule has 0 amide bonds. The molecular formula is C17H25NO. The Kier molecular flexibility index (Phi) is 3.79. The van der Waals surface area contributed by atoms with Crippen LogP contribution in [0.3, 0.4) is 0 Å². The summed E-state index contributed by atoms with van der Waals surface area (Å²) < 4.78 is 5.82. The van der Waals surface area contributed by atoms with Gasteiger partial charge < -0.3 is 10.1 Å². The highest BCUT2D eigenvalue weighted by Gasteiger charge is 2.33. The maximum Gasteiger partial charge on any atom is 0.119 e. The van der Waals surface area contributed by atoms with E-state index in [1.165, 1.54) is 31.2 Å². The van der Waals surface area contributed by atoms with Crippen molar-refractivity contribution in [2.75, 3.05) is 6.54 Å². The van der Waals surface area contributed by atoms with E-state index in [4.69, 9.17) is 4.74 Å². The van der Waals surface area contributed by atoms with E-state index in [1.807, 2.05) is 0 Å². The maximum atomic E-state index is 5.82. The highest BCUT2D eigenvalue weighted by Crippen LogP contribution is 2.40. The van der Waals surface area contributed by atoms with Gasteiger partial charge in [-0.1, -0.05) is 26.0 Å². The van der Waals surface area contributed by atoms with Crippen LogP contribution in [0.25, 0.3) is 0 Å². The number of rotatable bonds is 5. The Morgan fingerprint density at radius 2 is 1.84 bits per heavy atom. The minimum atomic E-state index is 0.495. The molecule has 0 bridgehead atoms. The summed E-state index contributed by atoms with van der Waals surface area (Å²) in [5, 5.41) is 3.62. The third-order valence-electron chi connectivity index (χ3n) is 4.66. The zero-order valence-electron chi connectivity index (χ0n) is 12.1. The molecule has 2 saturated carbocycles. The summed E-state index contributed by atoms with van der Waals surface area (Å²) in [6.45, 7) is 5.67. The molecule has 1 aromatic carbocycles. The lowest BCUT2D eigenvalue weighted by Gasteiger charge is -2.21. The van der Waals surface area contributed by atoms with Crippen LogP contribution in [0, 0.1) is 5.92 Å². The van der Waals surface area contributed by atoms with Crippen LogP contribution in [0.15, 0.2) is 24.3 Å². The molecule has 2 nitrogen and oxygen atoms in total. The molecule has 3 atom stereocenters. The summed E-state index contributed by atoms with van der Waals surface area (Å²) in [6, 6.07) is 9.54. The molecule has 2 fully saturated rings. The molecular weight excluding hydrogens is 234 g/mol. The zero-order chi connectivity index (χ0) is 13.2. The van der Waals surface area contributed by atoms with Crippen molar-refractivity contribution in [3.05, 3.63) is 29.8 Å². The Morgan fingerprint density at radius 1 is 1.11 bits per heavy atom. The van der Waals surface area contributed by atoms with Crippen LogP contribution >= 0.6 is 0 Å². The number of hydrogen-bond donors (Lipinski definition) is 1. The Labute approximate surface area is 116 Å². The minimum absolute atomic E-state index is 0.495. The van der Waals surface area contributed by atoms with Crippen molar-refractivity contribution < 1.29 is 4.74 Å². The lowest BCUT2D eigenvalue weighted by Crippen LogP contribution is -2.32. The molecule has 19 heavy (non-hydrogen) atoms. The van der Waals surface area contributed by atoms with Gasteiger partial charge in [0.05, 0.1) is 6.10 Å². The molecule has 3 rings (SSSR count). The largest absolute Gasteiger partial charge is 0.490 e. The fourth-order valence-electron chi connectivity index (χ4n) is 3.36. The van der Waals surface area contributed by atoms with Crippen molar-refractivity contribution >= 4 is 0 Å². The van der Waals surface area contributed by atoms with Crippen molar-refractivity contribution in [1.82, 2.24) is 5.32 Å². The second kappa shape index (κ2) is 5.54. The van der Waals surface area contributed by atoms with Crippen molar-refractivity contribution in [3.63, 3.8) is 0 Å². The number of benzene rings is 1. The van der Waals surface area contributed by atoms with E-state index in [0.29, 0.717) is 18.1 Å². The Hall–Kier alpha value is -1.02. The van der Waals surface area contributed by atoms with Crippen molar-refractivity contribution in [2.24, 2.45) is 5.92 Å².